The second-order valence-corrected chi connectivity index (χ2v) is 4.40. The number of rotatable bonds is 5. The van der Waals surface area contributed by atoms with Gasteiger partial charge in [-0.05, 0) is 32.0 Å². The topological polar surface area (TPSA) is 51.6 Å². The van der Waals surface area contributed by atoms with E-state index in [1.54, 1.807) is 0 Å². The fourth-order valence-corrected chi connectivity index (χ4v) is 2.08. The predicted octanol–water partition coefficient (Wildman–Crippen LogP) is 1.35. The fourth-order valence-electron chi connectivity index (χ4n) is 2.08. The Labute approximate surface area is 96.4 Å². The molecule has 1 aromatic heterocycles. The van der Waals surface area contributed by atoms with E-state index in [2.05, 4.69) is 11.9 Å². The SMILES string of the molecule is CN(Cc1ccc(CN)o1)CC1CCCO1. The van der Waals surface area contributed by atoms with Crippen molar-refractivity contribution in [2.24, 2.45) is 5.73 Å². The third-order valence-electron chi connectivity index (χ3n) is 2.88. The molecule has 2 N–H and O–H groups in total. The second kappa shape index (κ2) is 5.48. The first kappa shape index (κ1) is 11.6. The summed E-state index contributed by atoms with van der Waals surface area (Å²) >= 11 is 0. The third kappa shape index (κ3) is 3.07. The molecule has 0 radical (unpaired) electrons. The molecule has 0 amide bonds. The van der Waals surface area contributed by atoms with E-state index in [0.717, 1.165) is 31.2 Å². The van der Waals surface area contributed by atoms with Crippen LogP contribution in [-0.2, 0) is 17.8 Å². The van der Waals surface area contributed by atoms with Crippen LogP contribution in [0.5, 0.6) is 0 Å². The lowest BCUT2D eigenvalue weighted by Gasteiger charge is -2.19. The zero-order chi connectivity index (χ0) is 11.4. The lowest BCUT2D eigenvalue weighted by atomic mass is 10.2. The van der Waals surface area contributed by atoms with Gasteiger partial charge in [-0.1, -0.05) is 0 Å². The van der Waals surface area contributed by atoms with Gasteiger partial charge in [-0.3, -0.25) is 4.90 Å². The van der Waals surface area contributed by atoms with Crippen LogP contribution in [0.4, 0.5) is 0 Å². The Bertz CT molecular complexity index is 319. The molecule has 16 heavy (non-hydrogen) atoms. The summed E-state index contributed by atoms with van der Waals surface area (Å²) in [6.07, 6.45) is 2.77. The number of hydrogen-bond donors (Lipinski definition) is 1. The molecular weight excluding hydrogens is 204 g/mol. The highest BCUT2D eigenvalue weighted by Gasteiger charge is 2.17. The van der Waals surface area contributed by atoms with Crippen molar-refractivity contribution in [3.05, 3.63) is 23.7 Å². The van der Waals surface area contributed by atoms with Gasteiger partial charge in [0.2, 0.25) is 0 Å². The third-order valence-corrected chi connectivity index (χ3v) is 2.88. The molecule has 1 saturated heterocycles. The molecule has 1 aliphatic heterocycles. The minimum Gasteiger partial charge on any atom is -0.463 e. The smallest absolute Gasteiger partial charge is 0.118 e. The normalized spacial score (nSPS) is 20.8. The molecule has 1 unspecified atom stereocenters. The van der Waals surface area contributed by atoms with Gasteiger partial charge in [0, 0.05) is 13.2 Å². The Morgan fingerprint density at radius 2 is 2.25 bits per heavy atom. The van der Waals surface area contributed by atoms with Gasteiger partial charge in [-0.15, -0.1) is 0 Å². The van der Waals surface area contributed by atoms with Gasteiger partial charge in [-0.25, -0.2) is 0 Å². The van der Waals surface area contributed by atoms with Crippen LogP contribution in [0.15, 0.2) is 16.5 Å². The van der Waals surface area contributed by atoms with Gasteiger partial charge >= 0.3 is 0 Å². The summed E-state index contributed by atoms with van der Waals surface area (Å²) in [7, 11) is 2.09. The lowest BCUT2D eigenvalue weighted by Crippen LogP contribution is -2.28. The van der Waals surface area contributed by atoms with Crippen LogP contribution in [0.25, 0.3) is 0 Å². The average Bonchev–Trinajstić information content (AvgIpc) is 2.89. The highest BCUT2D eigenvalue weighted by Crippen LogP contribution is 2.15. The van der Waals surface area contributed by atoms with Gasteiger partial charge < -0.3 is 14.9 Å². The molecule has 1 aromatic rings. The molecule has 0 saturated carbocycles. The van der Waals surface area contributed by atoms with Crippen molar-refractivity contribution in [2.75, 3.05) is 20.2 Å². The van der Waals surface area contributed by atoms with Crippen molar-refractivity contribution < 1.29 is 9.15 Å². The molecule has 0 bridgehead atoms. The molecule has 0 aromatic carbocycles. The number of nitrogens with two attached hydrogens (primary N) is 1. The van der Waals surface area contributed by atoms with Gasteiger partial charge in [0.25, 0.3) is 0 Å². The Kier molecular flexibility index (Phi) is 3.98. The molecule has 4 heteroatoms. The quantitative estimate of drug-likeness (QED) is 0.820. The summed E-state index contributed by atoms with van der Waals surface area (Å²) in [4.78, 5) is 2.23. The highest BCUT2D eigenvalue weighted by atomic mass is 16.5. The standard InChI is InChI=1S/C12H20N2O2/c1-14(8-11-3-2-6-15-11)9-12-5-4-10(7-13)16-12/h4-5,11H,2-3,6-9,13H2,1H3. The fraction of sp³-hybridized carbons (Fsp3) is 0.667. The molecular formula is C12H20N2O2. The van der Waals surface area contributed by atoms with Crippen LogP contribution in [0.2, 0.25) is 0 Å². The van der Waals surface area contributed by atoms with E-state index in [1.807, 2.05) is 12.1 Å². The van der Waals surface area contributed by atoms with Crippen molar-refractivity contribution in [3.63, 3.8) is 0 Å². The van der Waals surface area contributed by atoms with Crippen molar-refractivity contribution in [1.82, 2.24) is 4.90 Å². The second-order valence-electron chi connectivity index (χ2n) is 4.40. The maximum absolute atomic E-state index is 5.60. The van der Waals surface area contributed by atoms with Crippen LogP contribution in [0.1, 0.15) is 24.4 Å². The molecule has 1 fully saturated rings. The first-order valence-corrected chi connectivity index (χ1v) is 5.85. The van der Waals surface area contributed by atoms with Crippen molar-refractivity contribution in [1.29, 1.82) is 0 Å². The molecule has 4 nitrogen and oxygen atoms in total. The Morgan fingerprint density at radius 3 is 2.88 bits per heavy atom. The summed E-state index contributed by atoms with van der Waals surface area (Å²) in [5, 5.41) is 0. The number of nitrogens with zero attached hydrogens (tertiary/aromatic N) is 1. The molecule has 1 aliphatic rings. The van der Waals surface area contributed by atoms with E-state index in [0.29, 0.717) is 12.6 Å². The van der Waals surface area contributed by atoms with Crippen LogP contribution in [0.3, 0.4) is 0 Å². The summed E-state index contributed by atoms with van der Waals surface area (Å²) in [6.45, 7) is 3.17. The monoisotopic (exact) mass is 224 g/mol. The minimum absolute atomic E-state index is 0.397. The van der Waals surface area contributed by atoms with Crippen LogP contribution < -0.4 is 5.73 Å². The number of likely N-dealkylation sites (N-methyl/N-ethyl adjacent to an activating group) is 1. The zero-order valence-corrected chi connectivity index (χ0v) is 9.82. The first-order chi connectivity index (χ1) is 7.78. The van der Waals surface area contributed by atoms with E-state index in [4.69, 9.17) is 14.9 Å². The summed E-state index contributed by atoms with van der Waals surface area (Å²) in [5.41, 5.74) is 5.50. The Hall–Kier alpha value is -0.840. The van der Waals surface area contributed by atoms with E-state index in [1.165, 1.54) is 12.8 Å². The van der Waals surface area contributed by atoms with Crippen LogP contribution in [0, 0.1) is 0 Å². The summed E-state index contributed by atoms with van der Waals surface area (Å²) in [5.74, 6) is 1.82. The van der Waals surface area contributed by atoms with Crippen molar-refractivity contribution >= 4 is 0 Å². The maximum Gasteiger partial charge on any atom is 0.118 e. The van der Waals surface area contributed by atoms with E-state index in [9.17, 15) is 0 Å². The summed E-state index contributed by atoms with van der Waals surface area (Å²) < 4.78 is 11.2. The predicted molar refractivity (Wildman–Crippen MR) is 61.9 cm³/mol. The molecule has 0 spiro atoms. The molecule has 90 valence electrons. The number of furan rings is 1. The van der Waals surface area contributed by atoms with Crippen molar-refractivity contribution in [2.45, 2.75) is 32.0 Å². The minimum atomic E-state index is 0.397. The van der Waals surface area contributed by atoms with E-state index < -0.39 is 0 Å². The zero-order valence-electron chi connectivity index (χ0n) is 9.82. The Balaban J connectivity index is 1.79. The van der Waals surface area contributed by atoms with Gasteiger partial charge in [0.05, 0.1) is 19.2 Å². The van der Waals surface area contributed by atoms with Gasteiger partial charge in [-0.2, -0.15) is 0 Å². The van der Waals surface area contributed by atoms with E-state index in [-0.39, 0.29) is 0 Å². The molecule has 1 atom stereocenters. The molecule has 2 heterocycles. The highest BCUT2D eigenvalue weighted by molar-refractivity contribution is 5.06. The van der Waals surface area contributed by atoms with Crippen LogP contribution >= 0.6 is 0 Å². The average molecular weight is 224 g/mol. The summed E-state index contributed by atoms with van der Waals surface area (Å²) in [6, 6.07) is 3.93. The lowest BCUT2D eigenvalue weighted by molar-refractivity contribution is 0.0773. The number of ether oxygens (including phenoxy) is 1. The van der Waals surface area contributed by atoms with Crippen molar-refractivity contribution in [3.8, 4) is 0 Å². The first-order valence-electron chi connectivity index (χ1n) is 5.85. The van der Waals surface area contributed by atoms with Gasteiger partial charge in [0.15, 0.2) is 0 Å². The van der Waals surface area contributed by atoms with Gasteiger partial charge in [0.1, 0.15) is 11.5 Å². The van der Waals surface area contributed by atoms with E-state index >= 15 is 0 Å². The van der Waals surface area contributed by atoms with Crippen LogP contribution in [-0.4, -0.2) is 31.2 Å². The number of hydrogen-bond acceptors (Lipinski definition) is 4. The largest absolute Gasteiger partial charge is 0.463 e. The molecule has 2 rings (SSSR count). The molecule has 0 aliphatic carbocycles. The maximum atomic E-state index is 5.60. The Morgan fingerprint density at radius 1 is 1.44 bits per heavy atom.